The summed E-state index contributed by atoms with van der Waals surface area (Å²) in [5.41, 5.74) is 5.59. The summed E-state index contributed by atoms with van der Waals surface area (Å²) in [4.78, 5) is 13.7. The normalized spacial score (nSPS) is 10.5. The fraction of sp³-hybridized carbons (Fsp3) is 0. The standard InChI is InChI=1S/C9H6FN3O2/c10-5-1-2-7-6(3-5)9(11)8(4-12-7)13(14)15/h1-4H,(H2,11,12). The van der Waals surface area contributed by atoms with Crippen LogP contribution in [0.3, 0.4) is 0 Å². The van der Waals surface area contributed by atoms with E-state index < -0.39 is 10.7 Å². The molecule has 1 aromatic heterocycles. The van der Waals surface area contributed by atoms with Crippen molar-refractivity contribution in [3.05, 3.63) is 40.3 Å². The minimum absolute atomic E-state index is 0.0653. The molecule has 15 heavy (non-hydrogen) atoms. The number of nitro groups is 1. The third kappa shape index (κ3) is 1.45. The molecule has 2 N–H and O–H groups in total. The first kappa shape index (κ1) is 9.32. The predicted molar refractivity (Wildman–Crippen MR) is 52.8 cm³/mol. The van der Waals surface area contributed by atoms with E-state index in [4.69, 9.17) is 5.73 Å². The number of nitrogens with two attached hydrogens (primary N) is 1. The monoisotopic (exact) mass is 207 g/mol. The van der Waals surface area contributed by atoms with Crippen LogP contribution in [0.25, 0.3) is 10.9 Å². The lowest BCUT2D eigenvalue weighted by molar-refractivity contribution is -0.384. The van der Waals surface area contributed by atoms with Gasteiger partial charge in [0.2, 0.25) is 0 Å². The van der Waals surface area contributed by atoms with Gasteiger partial charge in [-0.1, -0.05) is 0 Å². The van der Waals surface area contributed by atoms with Gasteiger partial charge >= 0.3 is 5.69 Å². The molecule has 6 heteroatoms. The molecule has 0 fully saturated rings. The minimum Gasteiger partial charge on any atom is -0.393 e. The molecule has 0 spiro atoms. The van der Waals surface area contributed by atoms with E-state index in [9.17, 15) is 14.5 Å². The first-order valence-corrected chi connectivity index (χ1v) is 4.07. The number of hydrogen-bond donors (Lipinski definition) is 1. The van der Waals surface area contributed by atoms with Gasteiger partial charge in [0.25, 0.3) is 0 Å². The van der Waals surface area contributed by atoms with E-state index in [0.717, 1.165) is 12.3 Å². The summed E-state index contributed by atoms with van der Waals surface area (Å²) in [6.07, 6.45) is 1.07. The van der Waals surface area contributed by atoms with Crippen molar-refractivity contribution in [3.8, 4) is 0 Å². The predicted octanol–water partition coefficient (Wildman–Crippen LogP) is 1.86. The van der Waals surface area contributed by atoms with Crippen molar-refractivity contribution in [2.45, 2.75) is 0 Å². The molecule has 0 atom stereocenters. The van der Waals surface area contributed by atoms with Crippen LogP contribution < -0.4 is 5.73 Å². The van der Waals surface area contributed by atoms with E-state index in [0.29, 0.717) is 5.52 Å². The molecule has 0 aliphatic carbocycles. The van der Waals surface area contributed by atoms with Gasteiger partial charge in [-0.2, -0.15) is 0 Å². The largest absolute Gasteiger partial charge is 0.393 e. The molecular weight excluding hydrogens is 201 g/mol. The van der Waals surface area contributed by atoms with Gasteiger partial charge in [0.15, 0.2) is 0 Å². The molecule has 1 heterocycles. The Morgan fingerprint density at radius 1 is 1.47 bits per heavy atom. The van der Waals surface area contributed by atoms with Crippen molar-refractivity contribution in [1.29, 1.82) is 0 Å². The number of pyridine rings is 1. The van der Waals surface area contributed by atoms with E-state index in [-0.39, 0.29) is 16.8 Å². The first-order chi connectivity index (χ1) is 7.09. The van der Waals surface area contributed by atoms with Crippen LogP contribution in [0.15, 0.2) is 24.4 Å². The van der Waals surface area contributed by atoms with E-state index in [2.05, 4.69) is 4.98 Å². The Bertz CT molecular complexity index is 556. The highest BCUT2D eigenvalue weighted by molar-refractivity contribution is 5.94. The van der Waals surface area contributed by atoms with Crippen LogP contribution in [-0.2, 0) is 0 Å². The van der Waals surface area contributed by atoms with Crippen molar-refractivity contribution in [2.24, 2.45) is 0 Å². The Morgan fingerprint density at radius 2 is 2.20 bits per heavy atom. The molecule has 0 bridgehead atoms. The van der Waals surface area contributed by atoms with Crippen molar-refractivity contribution in [1.82, 2.24) is 4.98 Å². The zero-order valence-electron chi connectivity index (χ0n) is 7.48. The van der Waals surface area contributed by atoms with E-state index in [1.165, 1.54) is 12.1 Å². The number of halogens is 1. The fourth-order valence-electron chi connectivity index (χ4n) is 1.32. The van der Waals surface area contributed by atoms with Crippen molar-refractivity contribution < 1.29 is 9.31 Å². The van der Waals surface area contributed by atoms with Gasteiger partial charge in [-0.25, -0.2) is 9.37 Å². The summed E-state index contributed by atoms with van der Waals surface area (Å²) in [5.74, 6) is -0.503. The molecule has 5 nitrogen and oxygen atoms in total. The molecule has 0 aliphatic heterocycles. The second kappa shape index (κ2) is 3.16. The summed E-state index contributed by atoms with van der Waals surface area (Å²) in [7, 11) is 0. The van der Waals surface area contributed by atoms with Gasteiger partial charge in [0.1, 0.15) is 17.7 Å². The molecule has 0 aliphatic rings. The van der Waals surface area contributed by atoms with Crippen molar-refractivity contribution >= 4 is 22.3 Å². The number of anilines is 1. The smallest absolute Gasteiger partial charge is 0.310 e. The van der Waals surface area contributed by atoms with E-state index in [1.54, 1.807) is 0 Å². The fourth-order valence-corrected chi connectivity index (χ4v) is 1.32. The number of aromatic nitrogens is 1. The lowest BCUT2D eigenvalue weighted by Crippen LogP contribution is -1.98. The van der Waals surface area contributed by atoms with Crippen LogP contribution in [0.5, 0.6) is 0 Å². The highest BCUT2D eigenvalue weighted by Crippen LogP contribution is 2.28. The number of hydrogen-bond acceptors (Lipinski definition) is 4. The van der Waals surface area contributed by atoms with Crippen LogP contribution in [-0.4, -0.2) is 9.91 Å². The van der Waals surface area contributed by atoms with E-state index in [1.807, 2.05) is 0 Å². The molecule has 0 saturated carbocycles. The number of nitrogen functional groups attached to an aromatic ring is 1. The molecule has 76 valence electrons. The van der Waals surface area contributed by atoms with Gasteiger partial charge in [-0.05, 0) is 18.2 Å². The topological polar surface area (TPSA) is 82.0 Å². The second-order valence-electron chi connectivity index (χ2n) is 2.98. The van der Waals surface area contributed by atoms with Gasteiger partial charge < -0.3 is 5.73 Å². The molecule has 0 saturated heterocycles. The average Bonchev–Trinajstić information content (AvgIpc) is 2.19. The second-order valence-corrected chi connectivity index (χ2v) is 2.98. The Kier molecular flexibility index (Phi) is 1.96. The van der Waals surface area contributed by atoms with Crippen LogP contribution >= 0.6 is 0 Å². The Morgan fingerprint density at radius 3 is 2.87 bits per heavy atom. The maximum atomic E-state index is 12.9. The first-order valence-electron chi connectivity index (χ1n) is 4.07. The number of fused-ring (bicyclic) bond motifs is 1. The highest BCUT2D eigenvalue weighted by Gasteiger charge is 2.15. The van der Waals surface area contributed by atoms with Gasteiger partial charge in [0.05, 0.1) is 10.4 Å². The summed E-state index contributed by atoms with van der Waals surface area (Å²) in [6.45, 7) is 0. The molecule has 1 aromatic carbocycles. The Labute approximate surface area is 83.5 Å². The number of rotatable bonds is 1. The maximum absolute atomic E-state index is 12.9. The molecule has 0 unspecified atom stereocenters. The third-order valence-corrected chi connectivity index (χ3v) is 2.05. The van der Waals surface area contributed by atoms with Crippen molar-refractivity contribution in [2.75, 3.05) is 5.73 Å². The Balaban J connectivity index is 2.82. The molecule has 0 amide bonds. The zero-order chi connectivity index (χ0) is 11.0. The summed E-state index contributed by atoms with van der Waals surface area (Å²) >= 11 is 0. The third-order valence-electron chi connectivity index (χ3n) is 2.05. The molecule has 0 radical (unpaired) electrons. The Hall–Kier alpha value is -2.24. The summed E-state index contributed by atoms with van der Waals surface area (Å²) < 4.78 is 12.9. The zero-order valence-corrected chi connectivity index (χ0v) is 7.48. The van der Waals surface area contributed by atoms with Gasteiger partial charge in [0, 0.05) is 5.39 Å². The summed E-state index contributed by atoms with van der Waals surface area (Å²) in [6, 6.07) is 3.77. The van der Waals surface area contributed by atoms with Crippen molar-refractivity contribution in [3.63, 3.8) is 0 Å². The highest BCUT2D eigenvalue weighted by atomic mass is 19.1. The lowest BCUT2D eigenvalue weighted by Gasteiger charge is -2.01. The van der Waals surface area contributed by atoms with Gasteiger partial charge in [-0.15, -0.1) is 0 Å². The maximum Gasteiger partial charge on any atom is 0.310 e. The number of nitrogens with zero attached hydrogens (tertiary/aromatic N) is 2. The van der Waals surface area contributed by atoms with E-state index >= 15 is 0 Å². The van der Waals surface area contributed by atoms with Crippen LogP contribution in [0, 0.1) is 15.9 Å². The minimum atomic E-state index is -0.646. The van der Waals surface area contributed by atoms with Crippen LogP contribution in [0.4, 0.5) is 15.8 Å². The quantitative estimate of drug-likeness (QED) is 0.571. The molecule has 2 rings (SSSR count). The average molecular weight is 207 g/mol. The summed E-state index contributed by atoms with van der Waals surface area (Å²) in [5, 5.41) is 10.8. The molecule has 2 aromatic rings. The van der Waals surface area contributed by atoms with Crippen LogP contribution in [0.2, 0.25) is 0 Å². The van der Waals surface area contributed by atoms with Crippen LogP contribution in [0.1, 0.15) is 0 Å². The molecular formula is C9H6FN3O2. The SMILES string of the molecule is Nc1c([N+](=O)[O-])cnc2ccc(F)cc12. The lowest BCUT2D eigenvalue weighted by atomic mass is 10.1. The number of benzene rings is 1. The van der Waals surface area contributed by atoms with Gasteiger partial charge in [-0.3, -0.25) is 10.1 Å².